The molecule has 0 bridgehead atoms. The minimum atomic E-state index is -1.96. The molecule has 0 aromatic heterocycles. The first-order valence-electron chi connectivity index (χ1n) is 9.16. The van der Waals surface area contributed by atoms with Crippen LogP contribution in [-0.4, -0.2) is 27.4 Å². The summed E-state index contributed by atoms with van der Waals surface area (Å²) < 4.78 is 1.40. The van der Waals surface area contributed by atoms with Crippen LogP contribution in [0.15, 0.2) is 66.7 Å². The second-order valence-electron chi connectivity index (χ2n) is 6.72. The van der Waals surface area contributed by atoms with Crippen molar-refractivity contribution < 1.29 is 29.6 Å². The zero-order valence-corrected chi connectivity index (χ0v) is 21.5. The fourth-order valence-corrected chi connectivity index (χ4v) is 45.1. The Morgan fingerprint density at radius 2 is 1.39 bits per heavy atom. The molecule has 1 heterocycles. The van der Waals surface area contributed by atoms with Crippen molar-refractivity contribution in [2.75, 3.05) is 5.32 Å². The van der Waals surface area contributed by atoms with Gasteiger partial charge in [-0.15, -0.1) is 0 Å². The lowest BCUT2D eigenvalue weighted by atomic mass is 10.2. The Kier molecular flexibility index (Phi) is 6.82. The number of rotatable bonds is 5. The zero-order chi connectivity index (χ0) is 23.8. The molecule has 3 aromatic carbocycles. The molecule has 0 spiro atoms. The van der Waals surface area contributed by atoms with Crippen LogP contribution >= 0.6 is 30.9 Å². The Bertz CT molecular complexity index is 1330. The van der Waals surface area contributed by atoms with E-state index in [1.54, 1.807) is 46.3 Å². The number of ether oxygens (including phenoxy) is 1. The number of hydrogen-bond acceptors (Lipinski definition) is 9. The molecule has 170 valence electrons. The van der Waals surface area contributed by atoms with Gasteiger partial charge in [0.15, 0.2) is 0 Å². The van der Waals surface area contributed by atoms with Crippen LogP contribution in [0.25, 0.3) is 0 Å². The fourth-order valence-electron chi connectivity index (χ4n) is 2.85. The normalized spacial score (nSPS) is 21.6. The Hall–Kier alpha value is -2.00. The molecule has 1 aliphatic rings. The van der Waals surface area contributed by atoms with Crippen LogP contribution in [0.1, 0.15) is 10.4 Å². The SMILES string of the molecule is O=C(Nc1ccc(O)c(C(=O)O)c1)Oc1ccc(P2(=S)SP(=S)(c3ccc(O)cc3)S2)cc1. The molecular formula is C20H15NO6P2S4. The molecule has 1 saturated heterocycles. The summed E-state index contributed by atoms with van der Waals surface area (Å²) in [6.07, 6.45) is -0.803. The number of phenols is 2. The van der Waals surface area contributed by atoms with Crippen LogP contribution in [0.5, 0.6) is 17.2 Å². The van der Waals surface area contributed by atoms with Crippen molar-refractivity contribution in [2.45, 2.75) is 0 Å². The van der Waals surface area contributed by atoms with Gasteiger partial charge in [-0.2, -0.15) is 0 Å². The second kappa shape index (κ2) is 9.33. The predicted molar refractivity (Wildman–Crippen MR) is 142 cm³/mol. The molecule has 0 aliphatic carbocycles. The van der Waals surface area contributed by atoms with Crippen LogP contribution in [0.3, 0.4) is 0 Å². The quantitative estimate of drug-likeness (QED) is 0.239. The van der Waals surface area contributed by atoms with Gasteiger partial charge in [-0.05, 0) is 66.7 Å². The average molecular weight is 556 g/mol. The van der Waals surface area contributed by atoms with Crippen molar-refractivity contribution in [2.24, 2.45) is 0 Å². The molecular weight excluding hydrogens is 540 g/mol. The monoisotopic (exact) mass is 555 g/mol. The van der Waals surface area contributed by atoms with E-state index in [0.29, 0.717) is 5.75 Å². The molecule has 4 N–H and O–H groups in total. The second-order valence-corrected chi connectivity index (χ2v) is 28.0. The van der Waals surface area contributed by atoms with E-state index in [1.165, 1.54) is 12.1 Å². The van der Waals surface area contributed by atoms with Gasteiger partial charge in [0.2, 0.25) is 0 Å². The smallest absolute Gasteiger partial charge is 0.417 e. The summed E-state index contributed by atoms with van der Waals surface area (Å²) >= 11 is 15.1. The largest absolute Gasteiger partial charge is 0.508 e. The van der Waals surface area contributed by atoms with E-state index < -0.39 is 26.7 Å². The molecule has 7 nitrogen and oxygen atoms in total. The minimum Gasteiger partial charge on any atom is -0.508 e. The lowest BCUT2D eigenvalue weighted by molar-refractivity contribution is 0.0693. The molecule has 13 heteroatoms. The molecule has 1 amide bonds. The van der Waals surface area contributed by atoms with Crippen LogP contribution in [-0.2, 0) is 23.6 Å². The molecule has 4 rings (SSSR count). The number of anilines is 1. The topological polar surface area (TPSA) is 116 Å². The number of carboxylic acid groups (broad SMARTS) is 1. The Morgan fingerprint density at radius 3 is 1.94 bits per heavy atom. The number of carbonyl (C=O) groups excluding carboxylic acids is 1. The fraction of sp³-hybridized carbons (Fsp3) is 0. The van der Waals surface area contributed by atoms with E-state index in [-0.39, 0.29) is 17.0 Å². The minimum absolute atomic E-state index is 0.171. The van der Waals surface area contributed by atoms with E-state index in [4.69, 9.17) is 33.5 Å². The highest BCUT2D eigenvalue weighted by Crippen LogP contribution is 3.04. The van der Waals surface area contributed by atoms with Crippen molar-refractivity contribution in [1.29, 1.82) is 0 Å². The number of hydrogen-bond donors (Lipinski definition) is 4. The van der Waals surface area contributed by atoms with Gasteiger partial charge in [-0.25, -0.2) is 9.59 Å². The molecule has 0 radical (unpaired) electrons. The summed E-state index contributed by atoms with van der Waals surface area (Å²) in [7, 11) is 0. The lowest BCUT2D eigenvalue weighted by Gasteiger charge is -2.40. The van der Waals surface area contributed by atoms with Crippen LogP contribution < -0.4 is 20.7 Å². The number of benzene rings is 3. The summed E-state index contributed by atoms with van der Waals surface area (Å²) in [5.41, 5.74) is -0.162. The van der Waals surface area contributed by atoms with Crippen LogP contribution in [0.4, 0.5) is 10.5 Å². The first-order chi connectivity index (χ1) is 15.6. The van der Waals surface area contributed by atoms with Crippen molar-refractivity contribution in [3.8, 4) is 17.2 Å². The standard InChI is InChI=1S/C20H15NO6P2S4/c22-13-2-6-15(7-3-13)28(30)32-29(31,33-28)16-8-4-14(5-9-16)27-20(26)21-12-1-10-18(23)17(11-12)19(24)25/h1-11,22-23H,(H,21,26)(H,24,25). The maximum absolute atomic E-state index is 12.2. The third-order valence-electron chi connectivity index (χ3n) is 4.43. The third kappa shape index (κ3) is 5.24. The van der Waals surface area contributed by atoms with E-state index in [0.717, 1.165) is 16.7 Å². The summed E-state index contributed by atoms with van der Waals surface area (Å²) in [6.45, 7) is 0. The van der Waals surface area contributed by atoms with Gasteiger partial charge in [0.05, 0.1) is 8.88 Å². The third-order valence-corrected chi connectivity index (χ3v) is 35.7. The molecule has 0 unspecified atom stereocenters. The van der Waals surface area contributed by atoms with Crippen molar-refractivity contribution in [1.82, 2.24) is 0 Å². The van der Waals surface area contributed by atoms with Crippen molar-refractivity contribution in [3.63, 3.8) is 0 Å². The zero-order valence-electron chi connectivity index (χ0n) is 16.4. The van der Waals surface area contributed by atoms with Gasteiger partial charge in [0.1, 0.15) is 22.8 Å². The Labute approximate surface area is 206 Å². The summed E-state index contributed by atoms with van der Waals surface area (Å²) in [5, 5.41) is 32.5. The highest BCUT2D eigenvalue weighted by atomic mass is 33.7. The molecule has 33 heavy (non-hydrogen) atoms. The summed E-state index contributed by atoms with van der Waals surface area (Å²) in [4.78, 5) is 23.3. The summed E-state index contributed by atoms with van der Waals surface area (Å²) in [6, 6.07) is 17.6. The van der Waals surface area contributed by atoms with E-state index >= 15 is 0 Å². The molecule has 0 atom stereocenters. The van der Waals surface area contributed by atoms with Gasteiger partial charge in [-0.1, -0.05) is 45.6 Å². The first-order valence-corrected chi connectivity index (χ1v) is 18.8. The Morgan fingerprint density at radius 1 is 0.848 bits per heavy atom. The molecule has 0 saturated carbocycles. The predicted octanol–water partition coefficient (Wildman–Crippen LogP) is 5.46. The van der Waals surface area contributed by atoms with Crippen molar-refractivity contribution in [3.05, 3.63) is 72.3 Å². The number of amides is 1. The maximum Gasteiger partial charge on any atom is 0.417 e. The van der Waals surface area contributed by atoms with E-state index in [1.807, 2.05) is 24.3 Å². The van der Waals surface area contributed by atoms with Crippen molar-refractivity contribution >= 4 is 82.9 Å². The first kappa shape index (κ1) is 24.1. The highest BCUT2D eigenvalue weighted by Gasteiger charge is 2.45. The van der Waals surface area contributed by atoms with Crippen LogP contribution in [0, 0.1) is 0 Å². The number of carbonyl (C=O) groups is 2. The van der Waals surface area contributed by atoms with Gasteiger partial charge in [0, 0.05) is 16.3 Å². The average Bonchev–Trinajstić information content (AvgIpc) is 2.74. The van der Waals surface area contributed by atoms with Gasteiger partial charge in [-0.3, -0.25) is 5.32 Å². The number of aromatic hydroxyl groups is 2. The van der Waals surface area contributed by atoms with E-state index in [9.17, 15) is 19.8 Å². The number of aromatic carboxylic acids is 1. The molecule has 1 aliphatic heterocycles. The Balaban J connectivity index is 1.40. The number of carboxylic acids is 1. The van der Waals surface area contributed by atoms with Gasteiger partial charge in [0.25, 0.3) is 0 Å². The number of nitrogens with one attached hydrogen (secondary N) is 1. The van der Waals surface area contributed by atoms with Gasteiger partial charge < -0.3 is 20.1 Å². The number of phenolic OH excluding ortho intramolecular Hbond substituents is 1. The summed E-state index contributed by atoms with van der Waals surface area (Å²) in [5.74, 6) is -1.23. The van der Waals surface area contributed by atoms with Crippen LogP contribution in [0.2, 0.25) is 0 Å². The molecule has 3 aromatic rings. The maximum atomic E-state index is 12.2. The highest BCUT2D eigenvalue weighted by molar-refractivity contribution is 9.48. The lowest BCUT2D eigenvalue weighted by Crippen LogP contribution is -2.17. The molecule has 1 fully saturated rings. The van der Waals surface area contributed by atoms with Gasteiger partial charge >= 0.3 is 12.1 Å². The van der Waals surface area contributed by atoms with E-state index in [2.05, 4.69) is 5.32 Å².